The van der Waals surface area contributed by atoms with Gasteiger partial charge in [0.2, 0.25) is 10.0 Å². The van der Waals surface area contributed by atoms with Gasteiger partial charge in [-0.1, -0.05) is 43.6 Å². The number of para-hydroxylation sites is 1. The highest BCUT2D eigenvalue weighted by Crippen LogP contribution is 2.32. The zero-order valence-corrected chi connectivity index (χ0v) is 17.0. The van der Waals surface area contributed by atoms with Crippen molar-refractivity contribution >= 4 is 38.9 Å². The number of benzene rings is 2. The topological polar surface area (TPSA) is 66.5 Å². The van der Waals surface area contributed by atoms with Gasteiger partial charge in [0.1, 0.15) is 0 Å². The van der Waals surface area contributed by atoms with Gasteiger partial charge in [0.15, 0.2) is 0 Å². The number of carbonyl (C=O) groups is 1. The molecule has 1 saturated heterocycles. The van der Waals surface area contributed by atoms with Gasteiger partial charge in [-0.3, -0.25) is 9.10 Å². The van der Waals surface area contributed by atoms with Crippen LogP contribution in [0.4, 0.5) is 11.4 Å². The Kier molecular flexibility index (Phi) is 5.77. The van der Waals surface area contributed by atoms with Crippen LogP contribution in [0.15, 0.2) is 42.5 Å². The molecule has 7 heteroatoms. The normalized spacial score (nSPS) is 16.4. The van der Waals surface area contributed by atoms with Crippen LogP contribution in [0.1, 0.15) is 48.5 Å². The molecular weight excluding hydrogens is 384 g/mol. The molecule has 5 nitrogen and oxygen atoms in total. The van der Waals surface area contributed by atoms with Gasteiger partial charge >= 0.3 is 0 Å². The number of hydrogen-bond donors (Lipinski definition) is 1. The van der Waals surface area contributed by atoms with Gasteiger partial charge in [0, 0.05) is 17.8 Å². The van der Waals surface area contributed by atoms with Gasteiger partial charge in [-0.25, -0.2) is 8.42 Å². The fourth-order valence-electron chi connectivity index (χ4n) is 3.21. The number of anilines is 2. The fourth-order valence-corrected chi connectivity index (χ4v) is 5.13. The van der Waals surface area contributed by atoms with Crippen molar-refractivity contribution in [2.24, 2.45) is 0 Å². The number of sulfonamides is 1. The highest BCUT2D eigenvalue weighted by Gasteiger charge is 2.28. The molecule has 1 amide bonds. The molecule has 3 rings (SSSR count). The molecular formula is C20H23ClN2O3S. The average molecular weight is 407 g/mol. The van der Waals surface area contributed by atoms with Crippen molar-refractivity contribution in [3.8, 4) is 0 Å². The summed E-state index contributed by atoms with van der Waals surface area (Å²) in [6.07, 6.45) is 1.41. The molecule has 0 unspecified atom stereocenters. The third-order valence-corrected chi connectivity index (χ3v) is 6.83. The molecule has 27 heavy (non-hydrogen) atoms. The number of rotatable bonds is 4. The molecule has 1 aliphatic heterocycles. The third kappa shape index (κ3) is 4.28. The Bertz CT molecular complexity index is 957. The summed E-state index contributed by atoms with van der Waals surface area (Å²) in [5.41, 5.74) is 2.52. The van der Waals surface area contributed by atoms with Crippen molar-refractivity contribution < 1.29 is 13.2 Å². The van der Waals surface area contributed by atoms with Gasteiger partial charge in [-0.05, 0) is 48.6 Å². The molecule has 1 fully saturated rings. The van der Waals surface area contributed by atoms with E-state index in [0.717, 1.165) is 17.7 Å². The maximum absolute atomic E-state index is 12.8. The summed E-state index contributed by atoms with van der Waals surface area (Å²) in [5, 5.41) is 3.25. The van der Waals surface area contributed by atoms with Crippen LogP contribution in [0, 0.1) is 0 Å². The largest absolute Gasteiger partial charge is 0.322 e. The molecule has 0 radical (unpaired) electrons. The van der Waals surface area contributed by atoms with Crippen molar-refractivity contribution in [2.45, 2.75) is 32.6 Å². The Morgan fingerprint density at radius 2 is 1.89 bits per heavy atom. The minimum atomic E-state index is -3.40. The molecule has 0 spiro atoms. The molecule has 0 aliphatic carbocycles. The summed E-state index contributed by atoms with van der Waals surface area (Å²) in [6, 6.07) is 12.4. The number of carbonyl (C=O) groups excluding carboxylic acids is 1. The van der Waals surface area contributed by atoms with E-state index in [2.05, 4.69) is 19.2 Å². The summed E-state index contributed by atoms with van der Waals surface area (Å²) in [7, 11) is -3.40. The Morgan fingerprint density at radius 1 is 1.15 bits per heavy atom. The zero-order valence-electron chi connectivity index (χ0n) is 15.4. The maximum Gasteiger partial charge on any atom is 0.255 e. The number of hydrogen-bond acceptors (Lipinski definition) is 3. The number of nitrogens with one attached hydrogen (secondary N) is 1. The van der Waals surface area contributed by atoms with E-state index in [4.69, 9.17) is 11.6 Å². The summed E-state index contributed by atoms with van der Waals surface area (Å²) in [4.78, 5) is 12.8. The smallest absolute Gasteiger partial charge is 0.255 e. The summed E-state index contributed by atoms with van der Waals surface area (Å²) in [6.45, 7) is 4.50. The first-order valence-corrected chi connectivity index (χ1v) is 11.0. The fraction of sp³-hybridized carbons (Fsp3) is 0.350. The Labute approximate surface area is 165 Å². The second-order valence-corrected chi connectivity index (χ2v) is 9.38. The lowest BCUT2D eigenvalue weighted by Gasteiger charge is -2.29. The standard InChI is InChI=1S/C20H23ClN2O3S/c1-14(2)16-7-3-4-8-18(16)22-20(24)15-9-10-17(21)19(13-15)23-11-5-6-12-27(23,25)26/h3-4,7-10,13-14H,5-6,11-12H2,1-2H3,(H,22,24). The lowest BCUT2D eigenvalue weighted by atomic mass is 10.0. The lowest BCUT2D eigenvalue weighted by molar-refractivity contribution is 0.102. The highest BCUT2D eigenvalue weighted by molar-refractivity contribution is 7.92. The summed E-state index contributed by atoms with van der Waals surface area (Å²) >= 11 is 6.25. The van der Waals surface area contributed by atoms with Crippen LogP contribution in [0.5, 0.6) is 0 Å². The Morgan fingerprint density at radius 3 is 2.59 bits per heavy atom. The van der Waals surface area contributed by atoms with Gasteiger partial charge in [-0.2, -0.15) is 0 Å². The van der Waals surface area contributed by atoms with Gasteiger partial charge in [-0.15, -0.1) is 0 Å². The predicted molar refractivity (Wildman–Crippen MR) is 110 cm³/mol. The van der Waals surface area contributed by atoms with Crippen molar-refractivity contribution in [2.75, 3.05) is 21.9 Å². The van der Waals surface area contributed by atoms with Crippen molar-refractivity contribution in [1.29, 1.82) is 0 Å². The second kappa shape index (κ2) is 7.90. The summed E-state index contributed by atoms with van der Waals surface area (Å²) in [5.74, 6) is 0.0674. The van der Waals surface area contributed by atoms with Crippen molar-refractivity contribution in [3.63, 3.8) is 0 Å². The second-order valence-electron chi connectivity index (χ2n) is 6.96. The number of amides is 1. The minimum absolute atomic E-state index is 0.0987. The summed E-state index contributed by atoms with van der Waals surface area (Å²) < 4.78 is 26.1. The van der Waals surface area contributed by atoms with Crippen LogP contribution >= 0.6 is 11.6 Å². The molecule has 1 aliphatic rings. The predicted octanol–water partition coefficient (Wildman–Crippen LogP) is 4.65. The van der Waals surface area contributed by atoms with Crippen molar-refractivity contribution in [3.05, 3.63) is 58.6 Å². The molecule has 0 atom stereocenters. The highest BCUT2D eigenvalue weighted by atomic mass is 35.5. The van der Waals surface area contributed by atoms with E-state index >= 15 is 0 Å². The van der Waals surface area contributed by atoms with Gasteiger partial charge in [0.25, 0.3) is 5.91 Å². The quantitative estimate of drug-likeness (QED) is 0.803. The van der Waals surface area contributed by atoms with Crippen LogP contribution in [0.25, 0.3) is 0 Å². The Balaban J connectivity index is 1.91. The number of nitrogens with zero attached hydrogens (tertiary/aromatic N) is 1. The van der Waals surface area contributed by atoms with Gasteiger partial charge < -0.3 is 5.32 Å². The van der Waals surface area contributed by atoms with E-state index in [1.165, 1.54) is 4.31 Å². The minimum Gasteiger partial charge on any atom is -0.322 e. The first-order chi connectivity index (χ1) is 12.8. The molecule has 2 aromatic rings. The zero-order chi connectivity index (χ0) is 19.6. The molecule has 0 saturated carbocycles. The van der Waals surface area contributed by atoms with E-state index < -0.39 is 10.0 Å². The first kappa shape index (κ1) is 19.7. The van der Waals surface area contributed by atoms with Crippen LogP contribution in [-0.4, -0.2) is 26.6 Å². The van der Waals surface area contributed by atoms with E-state index in [1.807, 2.05) is 24.3 Å². The Hall–Kier alpha value is -2.05. The third-order valence-electron chi connectivity index (χ3n) is 4.66. The molecule has 0 aromatic heterocycles. The lowest BCUT2D eigenvalue weighted by Crippen LogP contribution is -2.38. The molecule has 0 bridgehead atoms. The van der Waals surface area contributed by atoms with E-state index in [0.29, 0.717) is 29.2 Å². The average Bonchev–Trinajstić information content (AvgIpc) is 2.62. The molecule has 144 valence electrons. The maximum atomic E-state index is 12.8. The van der Waals surface area contributed by atoms with Crippen LogP contribution in [0.3, 0.4) is 0 Å². The SMILES string of the molecule is CC(C)c1ccccc1NC(=O)c1ccc(Cl)c(N2CCCCS2(=O)=O)c1. The monoisotopic (exact) mass is 406 g/mol. The van der Waals surface area contributed by atoms with Gasteiger partial charge in [0.05, 0.1) is 16.5 Å². The number of halogens is 1. The molecule has 2 aromatic carbocycles. The van der Waals surface area contributed by atoms with E-state index in [9.17, 15) is 13.2 Å². The van der Waals surface area contributed by atoms with E-state index in [-0.39, 0.29) is 17.6 Å². The molecule has 1 N–H and O–H groups in total. The first-order valence-electron chi connectivity index (χ1n) is 9.00. The van der Waals surface area contributed by atoms with Crippen LogP contribution in [0.2, 0.25) is 5.02 Å². The van der Waals surface area contributed by atoms with Crippen molar-refractivity contribution in [1.82, 2.24) is 0 Å². The molecule has 1 heterocycles. The van der Waals surface area contributed by atoms with E-state index in [1.54, 1.807) is 18.2 Å². The van der Waals surface area contributed by atoms with Crippen LogP contribution < -0.4 is 9.62 Å². The van der Waals surface area contributed by atoms with Crippen LogP contribution in [-0.2, 0) is 10.0 Å².